The summed E-state index contributed by atoms with van der Waals surface area (Å²) < 4.78 is 5.31. The number of fused-ring (bicyclic) bond motifs is 1. The minimum atomic E-state index is -0.414. The Morgan fingerprint density at radius 1 is 1.42 bits per heavy atom. The third kappa shape index (κ3) is 3.80. The van der Waals surface area contributed by atoms with Gasteiger partial charge in [-0.3, -0.25) is 4.79 Å². The van der Waals surface area contributed by atoms with E-state index >= 15 is 0 Å². The smallest absolute Gasteiger partial charge is 0.320 e. The average Bonchev–Trinajstić information content (AvgIpc) is 2.66. The van der Waals surface area contributed by atoms with E-state index in [1.807, 2.05) is 20.8 Å². The molecule has 0 spiro atoms. The van der Waals surface area contributed by atoms with Crippen molar-refractivity contribution in [1.82, 2.24) is 5.32 Å². The molecule has 1 aromatic rings. The Hall–Kier alpha value is -1.35. The molecule has 19 heavy (non-hydrogen) atoms. The van der Waals surface area contributed by atoms with Crippen molar-refractivity contribution in [1.29, 1.82) is 0 Å². The summed E-state index contributed by atoms with van der Waals surface area (Å²) in [7, 11) is 0. The van der Waals surface area contributed by atoms with Crippen molar-refractivity contribution in [3.8, 4) is 0 Å². The maximum atomic E-state index is 11.7. The first-order valence-corrected chi connectivity index (χ1v) is 6.90. The highest BCUT2D eigenvalue weighted by Gasteiger charge is 2.23. The number of rotatable bonds is 3. The minimum Gasteiger partial charge on any atom is -0.459 e. The molecular formula is C16H23NO2. The van der Waals surface area contributed by atoms with Crippen molar-refractivity contribution >= 4 is 5.97 Å². The number of ether oxygens (including phenoxy) is 1. The summed E-state index contributed by atoms with van der Waals surface area (Å²) in [6.07, 6.45) is 2.14. The van der Waals surface area contributed by atoms with Gasteiger partial charge in [-0.25, -0.2) is 0 Å². The second-order valence-electron chi connectivity index (χ2n) is 6.26. The Kier molecular flexibility index (Phi) is 3.95. The second kappa shape index (κ2) is 5.33. The molecule has 0 aromatic heterocycles. The molecule has 104 valence electrons. The molecule has 0 fully saturated rings. The van der Waals surface area contributed by atoms with Gasteiger partial charge in [-0.1, -0.05) is 23.8 Å². The Labute approximate surface area is 115 Å². The molecule has 1 N–H and O–H groups in total. The van der Waals surface area contributed by atoms with Crippen molar-refractivity contribution in [3.63, 3.8) is 0 Å². The van der Waals surface area contributed by atoms with Gasteiger partial charge >= 0.3 is 5.97 Å². The maximum Gasteiger partial charge on any atom is 0.320 e. The van der Waals surface area contributed by atoms with Crippen molar-refractivity contribution in [2.45, 2.75) is 52.2 Å². The fourth-order valence-electron chi connectivity index (χ4n) is 2.52. The predicted molar refractivity (Wildman–Crippen MR) is 76.1 cm³/mol. The van der Waals surface area contributed by atoms with E-state index in [4.69, 9.17) is 4.74 Å². The molecule has 3 nitrogen and oxygen atoms in total. The van der Waals surface area contributed by atoms with E-state index in [0.29, 0.717) is 0 Å². The summed E-state index contributed by atoms with van der Waals surface area (Å²) in [6, 6.07) is 6.84. The van der Waals surface area contributed by atoms with E-state index in [2.05, 4.69) is 30.4 Å². The van der Waals surface area contributed by atoms with Crippen LogP contribution in [0.25, 0.3) is 0 Å². The van der Waals surface area contributed by atoms with E-state index in [0.717, 1.165) is 12.8 Å². The van der Waals surface area contributed by atoms with Crippen LogP contribution >= 0.6 is 0 Å². The first-order chi connectivity index (χ1) is 8.85. The maximum absolute atomic E-state index is 11.7. The van der Waals surface area contributed by atoms with E-state index in [1.165, 1.54) is 16.7 Å². The summed E-state index contributed by atoms with van der Waals surface area (Å²) in [4.78, 5) is 11.7. The van der Waals surface area contributed by atoms with Crippen molar-refractivity contribution in [3.05, 3.63) is 34.9 Å². The van der Waals surface area contributed by atoms with Crippen LogP contribution in [0.4, 0.5) is 0 Å². The molecular weight excluding hydrogens is 238 g/mol. The van der Waals surface area contributed by atoms with Gasteiger partial charge in [0.1, 0.15) is 5.60 Å². The van der Waals surface area contributed by atoms with Crippen LogP contribution in [0, 0.1) is 6.92 Å². The van der Waals surface area contributed by atoms with Gasteiger partial charge in [0.2, 0.25) is 0 Å². The van der Waals surface area contributed by atoms with Crippen LogP contribution < -0.4 is 5.32 Å². The van der Waals surface area contributed by atoms with Crippen LogP contribution in [0.3, 0.4) is 0 Å². The molecule has 1 unspecified atom stereocenters. The highest BCUT2D eigenvalue weighted by Crippen LogP contribution is 2.31. The molecule has 0 heterocycles. The van der Waals surface area contributed by atoms with Crippen molar-refractivity contribution < 1.29 is 9.53 Å². The monoisotopic (exact) mass is 261 g/mol. The average molecular weight is 261 g/mol. The Morgan fingerprint density at radius 3 is 2.84 bits per heavy atom. The van der Waals surface area contributed by atoms with Gasteiger partial charge in [-0.15, -0.1) is 0 Å². The van der Waals surface area contributed by atoms with E-state index < -0.39 is 5.60 Å². The Balaban J connectivity index is 1.93. The quantitative estimate of drug-likeness (QED) is 0.850. The largest absolute Gasteiger partial charge is 0.459 e. The topological polar surface area (TPSA) is 38.3 Å². The third-order valence-corrected chi connectivity index (χ3v) is 3.29. The number of aryl methyl sites for hydroxylation is 2. The normalized spacial score (nSPS) is 18.2. The zero-order chi connectivity index (χ0) is 14.0. The highest BCUT2D eigenvalue weighted by molar-refractivity contribution is 5.72. The fraction of sp³-hybridized carbons (Fsp3) is 0.562. The molecule has 1 aromatic carbocycles. The molecule has 0 saturated heterocycles. The fourth-order valence-corrected chi connectivity index (χ4v) is 2.52. The lowest BCUT2D eigenvalue weighted by atomic mass is 10.1. The van der Waals surface area contributed by atoms with Gasteiger partial charge in [0, 0.05) is 6.04 Å². The molecule has 3 heteroatoms. The van der Waals surface area contributed by atoms with Gasteiger partial charge in [-0.05, 0) is 51.7 Å². The molecule has 0 saturated carbocycles. The predicted octanol–water partition coefficient (Wildman–Crippen LogP) is 2.91. The molecule has 1 atom stereocenters. The SMILES string of the molecule is Cc1ccc2c(c1)C(NCC(=O)OC(C)(C)C)CC2. The van der Waals surface area contributed by atoms with Crippen molar-refractivity contribution in [2.75, 3.05) is 6.54 Å². The number of nitrogens with one attached hydrogen (secondary N) is 1. The standard InChI is InChI=1S/C16H23NO2/c1-11-5-6-12-7-8-14(13(12)9-11)17-10-15(18)19-16(2,3)4/h5-6,9,14,17H,7-8,10H2,1-4H3. The van der Waals surface area contributed by atoms with E-state index in [1.54, 1.807) is 0 Å². The zero-order valence-electron chi connectivity index (χ0n) is 12.2. The molecule has 0 amide bonds. The number of hydrogen-bond donors (Lipinski definition) is 1. The van der Waals surface area contributed by atoms with E-state index in [9.17, 15) is 4.79 Å². The lowest BCUT2D eigenvalue weighted by Crippen LogP contribution is -2.32. The Morgan fingerprint density at radius 2 is 2.16 bits per heavy atom. The van der Waals surface area contributed by atoms with Gasteiger partial charge in [0.05, 0.1) is 6.54 Å². The highest BCUT2D eigenvalue weighted by atomic mass is 16.6. The van der Waals surface area contributed by atoms with Gasteiger partial charge in [0.15, 0.2) is 0 Å². The number of carbonyl (C=O) groups excluding carboxylic acids is 1. The summed E-state index contributed by atoms with van der Waals surface area (Å²) in [5.74, 6) is -0.186. The third-order valence-electron chi connectivity index (χ3n) is 3.29. The molecule has 1 aliphatic rings. The minimum absolute atomic E-state index is 0.186. The van der Waals surface area contributed by atoms with Gasteiger partial charge in [-0.2, -0.15) is 0 Å². The first-order valence-electron chi connectivity index (χ1n) is 6.90. The van der Waals surface area contributed by atoms with Crippen LogP contribution in [0.5, 0.6) is 0 Å². The van der Waals surface area contributed by atoms with Gasteiger partial charge in [0.25, 0.3) is 0 Å². The molecule has 1 aliphatic carbocycles. The summed E-state index contributed by atoms with van der Waals surface area (Å²) >= 11 is 0. The van der Waals surface area contributed by atoms with Crippen LogP contribution in [0.1, 0.15) is 49.9 Å². The number of benzene rings is 1. The molecule has 0 radical (unpaired) electrons. The van der Waals surface area contributed by atoms with Crippen LogP contribution in [0.2, 0.25) is 0 Å². The summed E-state index contributed by atoms with van der Waals surface area (Å²) in [6.45, 7) is 8.04. The van der Waals surface area contributed by atoms with Crippen LogP contribution in [0.15, 0.2) is 18.2 Å². The summed E-state index contributed by atoms with van der Waals surface area (Å²) in [5, 5.41) is 3.31. The number of esters is 1. The van der Waals surface area contributed by atoms with Gasteiger partial charge < -0.3 is 10.1 Å². The Bertz CT molecular complexity index is 474. The molecule has 0 aliphatic heterocycles. The number of hydrogen-bond acceptors (Lipinski definition) is 3. The van der Waals surface area contributed by atoms with E-state index in [-0.39, 0.29) is 18.6 Å². The van der Waals surface area contributed by atoms with Crippen LogP contribution in [-0.4, -0.2) is 18.1 Å². The lowest BCUT2D eigenvalue weighted by Gasteiger charge is -2.21. The summed E-state index contributed by atoms with van der Waals surface area (Å²) in [5.41, 5.74) is 3.59. The molecule has 0 bridgehead atoms. The van der Waals surface area contributed by atoms with Crippen molar-refractivity contribution in [2.24, 2.45) is 0 Å². The first kappa shape index (κ1) is 14.1. The zero-order valence-corrected chi connectivity index (χ0v) is 12.2. The second-order valence-corrected chi connectivity index (χ2v) is 6.26. The van der Waals surface area contributed by atoms with Crippen LogP contribution in [-0.2, 0) is 16.0 Å². The lowest BCUT2D eigenvalue weighted by molar-refractivity contribution is -0.153. The number of carbonyl (C=O) groups is 1. The molecule has 2 rings (SSSR count).